The molecule has 0 aromatic heterocycles. The van der Waals surface area contributed by atoms with Crippen molar-refractivity contribution in [3.05, 3.63) is 47.3 Å². The van der Waals surface area contributed by atoms with Crippen LogP contribution in [0.2, 0.25) is 0 Å². The summed E-state index contributed by atoms with van der Waals surface area (Å²) in [5.74, 6) is -1.84. The average molecular weight is 348 g/mol. The van der Waals surface area contributed by atoms with Crippen LogP contribution < -0.4 is 5.73 Å². The summed E-state index contributed by atoms with van der Waals surface area (Å²) in [4.78, 5) is 19.7. The van der Waals surface area contributed by atoms with Crippen LogP contribution in [0.25, 0.3) is 0 Å². The lowest BCUT2D eigenvalue weighted by molar-refractivity contribution is -0.122. The highest BCUT2D eigenvalue weighted by atomic mass is 19.1. The van der Waals surface area contributed by atoms with E-state index in [1.54, 1.807) is 17.0 Å². The fourth-order valence-corrected chi connectivity index (χ4v) is 3.38. The van der Waals surface area contributed by atoms with Crippen LogP contribution in [0.1, 0.15) is 18.4 Å². The van der Waals surface area contributed by atoms with Gasteiger partial charge in [0.2, 0.25) is 5.91 Å². The molecule has 1 amide bonds. The first kappa shape index (κ1) is 17.2. The van der Waals surface area contributed by atoms with E-state index in [2.05, 4.69) is 9.89 Å². The Morgan fingerprint density at radius 3 is 2.60 bits per heavy atom. The zero-order valence-corrected chi connectivity index (χ0v) is 13.9. The van der Waals surface area contributed by atoms with Gasteiger partial charge in [0.1, 0.15) is 11.7 Å². The third kappa shape index (κ3) is 3.30. The molecular weight excluding hydrogens is 327 g/mol. The number of aliphatic imine (C=N–C) groups is 1. The lowest BCUT2D eigenvalue weighted by atomic mass is 10.0. The topological polar surface area (TPSA) is 102 Å². The predicted octanol–water partition coefficient (Wildman–Crippen LogP) is 1.27. The number of rotatable bonds is 4. The molecule has 4 N–H and O–H groups in total. The maximum atomic E-state index is 13.2. The van der Waals surface area contributed by atoms with Crippen molar-refractivity contribution >= 4 is 11.7 Å². The summed E-state index contributed by atoms with van der Waals surface area (Å²) in [6.07, 6.45) is 1.77. The summed E-state index contributed by atoms with van der Waals surface area (Å²) < 4.78 is 13.2. The van der Waals surface area contributed by atoms with Crippen molar-refractivity contribution < 1.29 is 19.4 Å². The molecule has 2 aliphatic rings. The molecule has 0 saturated carbocycles. The van der Waals surface area contributed by atoms with E-state index in [9.17, 15) is 19.4 Å². The number of likely N-dealkylation sites (tertiary alicyclic amines) is 1. The quantitative estimate of drug-likeness (QED) is 0.760. The first-order valence-corrected chi connectivity index (χ1v) is 8.10. The Hall–Kier alpha value is -2.61. The molecule has 8 heteroatoms. The van der Waals surface area contributed by atoms with E-state index in [0.717, 1.165) is 24.9 Å². The number of hydrogen-bond donors (Lipinski definition) is 3. The number of nitrogens with two attached hydrogens (primary N) is 1. The zero-order valence-electron chi connectivity index (χ0n) is 13.9. The number of halogens is 1. The number of amidine groups is 1. The largest absolute Gasteiger partial charge is 0.505 e. The molecule has 0 spiro atoms. The molecule has 2 heterocycles. The Kier molecular flexibility index (Phi) is 4.63. The van der Waals surface area contributed by atoms with Crippen molar-refractivity contribution in [3.8, 4) is 0 Å². The van der Waals surface area contributed by atoms with Crippen LogP contribution in [0, 0.1) is 5.82 Å². The minimum absolute atomic E-state index is 0.0995. The second-order valence-corrected chi connectivity index (χ2v) is 6.38. The number of carbonyl (C=O) groups is 1. The van der Waals surface area contributed by atoms with E-state index in [4.69, 9.17) is 5.73 Å². The van der Waals surface area contributed by atoms with Gasteiger partial charge in [-0.3, -0.25) is 9.69 Å². The average Bonchev–Trinajstić information content (AvgIpc) is 2.98. The molecule has 0 radical (unpaired) electrons. The van der Waals surface area contributed by atoms with Crippen molar-refractivity contribution in [2.24, 2.45) is 10.7 Å². The summed E-state index contributed by atoms with van der Waals surface area (Å²) in [7, 11) is 1.94. The fourth-order valence-electron chi connectivity index (χ4n) is 3.38. The summed E-state index contributed by atoms with van der Waals surface area (Å²) in [5.41, 5.74) is 6.20. The SMILES string of the molecule is CN1CCCC1C1=NC(O)=C(O)C(C(N)=O)N1Cc1ccc(F)cc1. The smallest absolute Gasteiger partial charge is 0.254 e. The number of nitrogens with zero attached hydrogens (tertiary/aromatic N) is 3. The summed E-state index contributed by atoms with van der Waals surface area (Å²) in [6.45, 7) is 1.07. The molecule has 1 saturated heterocycles. The minimum Gasteiger partial charge on any atom is -0.505 e. The first-order valence-electron chi connectivity index (χ1n) is 8.10. The van der Waals surface area contributed by atoms with E-state index in [1.807, 2.05) is 7.05 Å². The Morgan fingerprint density at radius 2 is 2.04 bits per heavy atom. The Labute approximate surface area is 144 Å². The monoisotopic (exact) mass is 348 g/mol. The fraction of sp³-hybridized carbons (Fsp3) is 0.412. The van der Waals surface area contributed by atoms with Gasteiger partial charge >= 0.3 is 0 Å². The van der Waals surface area contributed by atoms with Gasteiger partial charge in [0, 0.05) is 6.54 Å². The first-order chi connectivity index (χ1) is 11.9. The van der Waals surface area contributed by atoms with Crippen LogP contribution in [-0.2, 0) is 11.3 Å². The van der Waals surface area contributed by atoms with Gasteiger partial charge in [0.25, 0.3) is 5.88 Å². The van der Waals surface area contributed by atoms with Crippen molar-refractivity contribution in [1.29, 1.82) is 0 Å². The van der Waals surface area contributed by atoms with Crippen LogP contribution in [0.15, 0.2) is 40.9 Å². The standard InChI is InChI=1S/C17H21FN4O3/c1-21-8-2-3-12(21)16-20-17(25)14(23)13(15(19)24)22(16)9-10-4-6-11(18)7-5-10/h4-7,12-13,23,25H,2-3,8-9H2,1H3,(H2,19,24). The highest BCUT2D eigenvalue weighted by Gasteiger charge is 2.41. The van der Waals surface area contributed by atoms with Crippen LogP contribution >= 0.6 is 0 Å². The molecule has 2 aliphatic heterocycles. The van der Waals surface area contributed by atoms with Gasteiger partial charge in [-0.1, -0.05) is 12.1 Å². The van der Waals surface area contributed by atoms with E-state index < -0.39 is 23.6 Å². The molecule has 1 aromatic carbocycles. The van der Waals surface area contributed by atoms with Gasteiger partial charge in [-0.05, 0) is 44.1 Å². The van der Waals surface area contributed by atoms with Crippen molar-refractivity contribution in [2.75, 3.05) is 13.6 Å². The Morgan fingerprint density at radius 1 is 1.36 bits per heavy atom. The number of amides is 1. The van der Waals surface area contributed by atoms with Crippen LogP contribution in [0.5, 0.6) is 0 Å². The summed E-state index contributed by atoms with van der Waals surface area (Å²) in [5, 5.41) is 20.1. The van der Waals surface area contributed by atoms with Gasteiger partial charge in [-0.15, -0.1) is 0 Å². The molecule has 25 heavy (non-hydrogen) atoms. The van der Waals surface area contributed by atoms with Crippen LogP contribution in [-0.4, -0.2) is 57.4 Å². The Bertz CT molecular complexity index is 732. The van der Waals surface area contributed by atoms with E-state index >= 15 is 0 Å². The molecule has 0 aliphatic carbocycles. The predicted molar refractivity (Wildman–Crippen MR) is 90.3 cm³/mol. The van der Waals surface area contributed by atoms with E-state index in [-0.39, 0.29) is 18.4 Å². The maximum absolute atomic E-state index is 13.2. The lowest BCUT2D eigenvalue weighted by Crippen LogP contribution is -2.55. The van der Waals surface area contributed by atoms with Crippen molar-refractivity contribution in [2.45, 2.75) is 31.5 Å². The number of hydrogen-bond acceptors (Lipinski definition) is 6. The molecule has 1 aromatic rings. The molecule has 0 bridgehead atoms. The molecule has 2 unspecified atom stereocenters. The number of aliphatic hydroxyl groups excluding tert-OH is 2. The zero-order chi connectivity index (χ0) is 18.1. The third-order valence-electron chi connectivity index (χ3n) is 4.67. The second-order valence-electron chi connectivity index (χ2n) is 6.38. The highest BCUT2D eigenvalue weighted by molar-refractivity contribution is 5.95. The van der Waals surface area contributed by atoms with Gasteiger partial charge in [0.05, 0.1) is 6.04 Å². The molecule has 2 atom stereocenters. The summed E-state index contributed by atoms with van der Waals surface area (Å²) >= 11 is 0. The molecule has 7 nitrogen and oxygen atoms in total. The minimum atomic E-state index is -1.22. The van der Waals surface area contributed by atoms with Gasteiger partial charge in [-0.2, -0.15) is 4.99 Å². The van der Waals surface area contributed by atoms with Crippen LogP contribution in [0.3, 0.4) is 0 Å². The molecule has 134 valence electrons. The van der Waals surface area contributed by atoms with Gasteiger partial charge in [0.15, 0.2) is 11.8 Å². The number of primary amides is 1. The van der Waals surface area contributed by atoms with Crippen LogP contribution in [0.4, 0.5) is 4.39 Å². The normalized spacial score (nSPS) is 24.6. The lowest BCUT2D eigenvalue weighted by Gasteiger charge is -2.38. The molecular formula is C17H21FN4O3. The number of likely N-dealkylation sites (N-methyl/N-ethyl adjacent to an activating group) is 1. The highest BCUT2D eigenvalue weighted by Crippen LogP contribution is 2.28. The Balaban J connectivity index is 2.00. The molecule has 3 rings (SSSR count). The maximum Gasteiger partial charge on any atom is 0.254 e. The number of carbonyl (C=O) groups excluding carboxylic acids is 1. The molecule has 1 fully saturated rings. The van der Waals surface area contributed by atoms with Gasteiger partial charge in [-0.25, -0.2) is 4.39 Å². The van der Waals surface area contributed by atoms with Crippen molar-refractivity contribution in [1.82, 2.24) is 9.80 Å². The number of benzene rings is 1. The van der Waals surface area contributed by atoms with Crippen molar-refractivity contribution in [3.63, 3.8) is 0 Å². The number of aliphatic hydroxyl groups is 2. The second kappa shape index (κ2) is 6.72. The third-order valence-corrected chi connectivity index (χ3v) is 4.67. The van der Waals surface area contributed by atoms with E-state index in [0.29, 0.717) is 5.84 Å². The summed E-state index contributed by atoms with van der Waals surface area (Å²) in [6, 6.07) is 4.52. The van der Waals surface area contributed by atoms with E-state index in [1.165, 1.54) is 12.1 Å². The van der Waals surface area contributed by atoms with Gasteiger partial charge < -0.3 is 20.8 Å².